The molecule has 5 nitrogen and oxygen atoms in total. The van der Waals surface area contributed by atoms with E-state index in [9.17, 15) is 17.9 Å². The molecule has 1 saturated carbocycles. The number of nitrogens with zero attached hydrogens (tertiary/aromatic N) is 1. The van der Waals surface area contributed by atoms with E-state index in [4.69, 9.17) is 5.73 Å². The number of rotatable bonds is 5. The predicted octanol–water partition coefficient (Wildman–Crippen LogP) is 0.676. The standard InChI is InChI=1S/C13H19FN2O3S/c1-16(8-9-5-10(17)6-9)20(18,19)13-4-2-3-12(14)11(13)7-15/h2-4,9-10,17H,5-8,15H2,1H3. The van der Waals surface area contributed by atoms with Crippen molar-refractivity contribution in [1.29, 1.82) is 0 Å². The summed E-state index contributed by atoms with van der Waals surface area (Å²) in [5.41, 5.74) is 5.46. The zero-order chi connectivity index (χ0) is 14.9. The van der Waals surface area contributed by atoms with Crippen LogP contribution < -0.4 is 5.73 Å². The average molecular weight is 302 g/mol. The van der Waals surface area contributed by atoms with Crippen molar-refractivity contribution in [2.24, 2.45) is 11.7 Å². The first-order valence-electron chi connectivity index (χ1n) is 6.48. The van der Waals surface area contributed by atoms with E-state index in [0.29, 0.717) is 19.4 Å². The minimum Gasteiger partial charge on any atom is -0.393 e. The van der Waals surface area contributed by atoms with Gasteiger partial charge in [-0.1, -0.05) is 6.07 Å². The number of halogens is 1. The van der Waals surface area contributed by atoms with Gasteiger partial charge in [0.25, 0.3) is 0 Å². The molecule has 112 valence electrons. The van der Waals surface area contributed by atoms with Crippen molar-refractivity contribution in [3.63, 3.8) is 0 Å². The lowest BCUT2D eigenvalue weighted by molar-refractivity contribution is 0.0367. The van der Waals surface area contributed by atoms with Crippen LogP contribution in [-0.2, 0) is 16.6 Å². The summed E-state index contributed by atoms with van der Waals surface area (Å²) in [4.78, 5) is -0.0811. The summed E-state index contributed by atoms with van der Waals surface area (Å²) in [5, 5.41) is 9.24. The molecule has 7 heteroatoms. The Balaban J connectivity index is 2.23. The molecule has 0 aromatic heterocycles. The molecule has 0 bridgehead atoms. The lowest BCUT2D eigenvalue weighted by Crippen LogP contribution is -2.39. The van der Waals surface area contributed by atoms with E-state index in [-0.39, 0.29) is 29.0 Å². The molecule has 1 aliphatic rings. The zero-order valence-electron chi connectivity index (χ0n) is 11.3. The SMILES string of the molecule is CN(CC1CC(O)C1)S(=O)(=O)c1cccc(F)c1CN. The smallest absolute Gasteiger partial charge is 0.243 e. The summed E-state index contributed by atoms with van der Waals surface area (Å²) in [6, 6.07) is 3.93. The Morgan fingerprint density at radius 2 is 2.10 bits per heavy atom. The largest absolute Gasteiger partial charge is 0.393 e. The maximum Gasteiger partial charge on any atom is 0.243 e. The quantitative estimate of drug-likeness (QED) is 0.837. The van der Waals surface area contributed by atoms with E-state index >= 15 is 0 Å². The van der Waals surface area contributed by atoms with E-state index in [1.807, 2.05) is 0 Å². The summed E-state index contributed by atoms with van der Waals surface area (Å²) >= 11 is 0. The maximum atomic E-state index is 13.6. The molecule has 0 aliphatic heterocycles. The van der Waals surface area contributed by atoms with Crippen molar-refractivity contribution >= 4 is 10.0 Å². The first kappa shape index (κ1) is 15.4. The molecule has 20 heavy (non-hydrogen) atoms. The summed E-state index contributed by atoms with van der Waals surface area (Å²) in [6.45, 7) is 0.150. The highest BCUT2D eigenvalue weighted by molar-refractivity contribution is 7.89. The topological polar surface area (TPSA) is 83.6 Å². The van der Waals surface area contributed by atoms with Crippen molar-refractivity contribution < 1.29 is 17.9 Å². The third-order valence-electron chi connectivity index (χ3n) is 3.69. The molecular formula is C13H19FN2O3S. The maximum absolute atomic E-state index is 13.6. The first-order valence-corrected chi connectivity index (χ1v) is 7.92. The fourth-order valence-electron chi connectivity index (χ4n) is 2.46. The first-order chi connectivity index (χ1) is 9.36. The summed E-state index contributed by atoms with van der Waals surface area (Å²) in [6.07, 6.45) is 0.879. The Labute approximate surface area is 118 Å². The van der Waals surface area contributed by atoms with Gasteiger partial charge in [0, 0.05) is 25.7 Å². The van der Waals surface area contributed by atoms with Gasteiger partial charge in [0.15, 0.2) is 0 Å². The van der Waals surface area contributed by atoms with Crippen LogP contribution in [-0.4, -0.2) is 37.5 Å². The molecule has 0 spiro atoms. The number of hydrogen-bond acceptors (Lipinski definition) is 4. The Morgan fingerprint density at radius 3 is 2.65 bits per heavy atom. The fraction of sp³-hybridized carbons (Fsp3) is 0.538. The number of sulfonamides is 1. The Hall–Kier alpha value is -1.02. The van der Waals surface area contributed by atoms with E-state index in [1.165, 1.54) is 29.6 Å². The van der Waals surface area contributed by atoms with Gasteiger partial charge in [0.05, 0.1) is 11.0 Å². The van der Waals surface area contributed by atoms with Crippen LogP contribution in [0.4, 0.5) is 4.39 Å². The molecule has 2 rings (SSSR count). The molecule has 0 atom stereocenters. The highest BCUT2D eigenvalue weighted by atomic mass is 32.2. The van der Waals surface area contributed by atoms with E-state index in [1.54, 1.807) is 0 Å². The summed E-state index contributed by atoms with van der Waals surface area (Å²) in [5.74, 6) is -0.458. The molecule has 0 radical (unpaired) electrons. The lowest BCUT2D eigenvalue weighted by atomic mass is 9.82. The molecule has 1 aliphatic carbocycles. The summed E-state index contributed by atoms with van der Waals surface area (Å²) < 4.78 is 39.8. The number of nitrogens with two attached hydrogens (primary N) is 1. The van der Waals surface area contributed by atoms with Gasteiger partial charge in [0.2, 0.25) is 10.0 Å². The Morgan fingerprint density at radius 1 is 1.45 bits per heavy atom. The minimum absolute atomic E-state index is 0.00740. The molecule has 0 unspecified atom stereocenters. The van der Waals surface area contributed by atoms with E-state index in [2.05, 4.69) is 0 Å². The third kappa shape index (κ3) is 2.85. The molecule has 3 N–H and O–H groups in total. The second-order valence-corrected chi connectivity index (χ2v) is 7.21. The molecule has 1 fully saturated rings. The molecule has 0 saturated heterocycles. The van der Waals surface area contributed by atoms with Crippen molar-refractivity contribution in [3.05, 3.63) is 29.6 Å². The van der Waals surface area contributed by atoms with Crippen LogP contribution in [0, 0.1) is 11.7 Å². The highest BCUT2D eigenvalue weighted by Gasteiger charge is 2.32. The van der Waals surface area contributed by atoms with Gasteiger partial charge in [-0.3, -0.25) is 0 Å². The van der Waals surface area contributed by atoms with Crippen LogP contribution in [0.15, 0.2) is 23.1 Å². The Bertz CT molecular complexity index is 585. The molecular weight excluding hydrogens is 283 g/mol. The second kappa shape index (κ2) is 5.77. The molecule has 0 heterocycles. The van der Waals surface area contributed by atoms with Gasteiger partial charge in [-0.25, -0.2) is 17.1 Å². The van der Waals surface area contributed by atoms with Gasteiger partial charge in [-0.05, 0) is 30.9 Å². The third-order valence-corrected chi connectivity index (χ3v) is 5.60. The number of hydrogen-bond donors (Lipinski definition) is 2. The van der Waals surface area contributed by atoms with Gasteiger partial charge in [0.1, 0.15) is 5.82 Å². The normalized spacial score (nSPS) is 22.9. The number of benzene rings is 1. The minimum atomic E-state index is -3.76. The van der Waals surface area contributed by atoms with Gasteiger partial charge < -0.3 is 10.8 Å². The van der Waals surface area contributed by atoms with Gasteiger partial charge in [-0.15, -0.1) is 0 Å². The highest BCUT2D eigenvalue weighted by Crippen LogP contribution is 2.30. The second-order valence-electron chi connectivity index (χ2n) is 5.20. The zero-order valence-corrected chi connectivity index (χ0v) is 12.1. The van der Waals surface area contributed by atoms with Crippen LogP contribution in [0.25, 0.3) is 0 Å². The molecule has 1 aromatic carbocycles. The molecule has 1 aromatic rings. The average Bonchev–Trinajstić information content (AvgIpc) is 2.36. The van der Waals surface area contributed by atoms with E-state index < -0.39 is 15.8 Å². The van der Waals surface area contributed by atoms with Crippen molar-refractivity contribution in [2.45, 2.75) is 30.4 Å². The van der Waals surface area contributed by atoms with Crippen molar-refractivity contribution in [3.8, 4) is 0 Å². The van der Waals surface area contributed by atoms with Crippen LogP contribution >= 0.6 is 0 Å². The van der Waals surface area contributed by atoms with Crippen LogP contribution in [0.5, 0.6) is 0 Å². The Kier molecular flexibility index (Phi) is 4.43. The van der Waals surface area contributed by atoms with Crippen LogP contribution in [0.3, 0.4) is 0 Å². The predicted molar refractivity (Wildman–Crippen MR) is 72.8 cm³/mol. The summed E-state index contributed by atoms with van der Waals surface area (Å²) in [7, 11) is -2.30. The fourth-order valence-corrected chi connectivity index (χ4v) is 3.94. The van der Waals surface area contributed by atoms with Crippen LogP contribution in [0.2, 0.25) is 0 Å². The number of aliphatic hydroxyl groups is 1. The lowest BCUT2D eigenvalue weighted by Gasteiger charge is -2.34. The monoisotopic (exact) mass is 302 g/mol. The van der Waals surface area contributed by atoms with E-state index in [0.717, 1.165) is 0 Å². The molecule has 0 amide bonds. The number of aliphatic hydroxyl groups excluding tert-OH is 1. The van der Waals surface area contributed by atoms with Crippen LogP contribution in [0.1, 0.15) is 18.4 Å². The van der Waals surface area contributed by atoms with Gasteiger partial charge in [-0.2, -0.15) is 0 Å². The van der Waals surface area contributed by atoms with Gasteiger partial charge >= 0.3 is 0 Å². The van der Waals surface area contributed by atoms with Crippen molar-refractivity contribution in [1.82, 2.24) is 4.31 Å². The van der Waals surface area contributed by atoms with Crippen molar-refractivity contribution in [2.75, 3.05) is 13.6 Å².